The Morgan fingerprint density at radius 1 is 1.24 bits per heavy atom. The molecule has 0 unspecified atom stereocenters. The highest BCUT2D eigenvalue weighted by atomic mass is 32.2. The fourth-order valence-electron chi connectivity index (χ4n) is 5.77. The zero-order valence-electron chi connectivity index (χ0n) is 14.3. The first-order chi connectivity index (χ1) is 12.2. The van der Waals surface area contributed by atoms with E-state index < -0.39 is 0 Å². The van der Waals surface area contributed by atoms with Crippen LogP contribution in [0.3, 0.4) is 0 Å². The van der Waals surface area contributed by atoms with Gasteiger partial charge in [0.05, 0.1) is 18.6 Å². The van der Waals surface area contributed by atoms with Gasteiger partial charge in [0.2, 0.25) is 0 Å². The smallest absolute Gasteiger partial charge is 0.191 e. The number of Topliss-reactive ketones (excluding diaryl/α,β-unsaturated/α-hetero) is 1. The third-order valence-electron chi connectivity index (χ3n) is 6.45. The van der Waals surface area contributed by atoms with Crippen LogP contribution >= 0.6 is 11.8 Å². The molecule has 4 bridgehead atoms. The lowest BCUT2D eigenvalue weighted by molar-refractivity contribution is -0.141. The van der Waals surface area contributed by atoms with E-state index in [2.05, 4.69) is 10.2 Å². The van der Waals surface area contributed by atoms with Gasteiger partial charge < -0.3 is 8.98 Å². The van der Waals surface area contributed by atoms with Gasteiger partial charge in [-0.1, -0.05) is 11.8 Å². The van der Waals surface area contributed by atoms with Gasteiger partial charge >= 0.3 is 0 Å². The molecule has 2 heterocycles. The van der Waals surface area contributed by atoms with Gasteiger partial charge in [0.1, 0.15) is 17.9 Å². The second kappa shape index (κ2) is 6.01. The summed E-state index contributed by atoms with van der Waals surface area (Å²) in [4.78, 5) is 13.1. The minimum atomic E-state index is -0.0202. The molecule has 0 atom stereocenters. The molecule has 5 nitrogen and oxygen atoms in total. The first-order valence-electron chi connectivity index (χ1n) is 9.26. The first kappa shape index (κ1) is 15.7. The molecule has 4 aliphatic carbocycles. The summed E-state index contributed by atoms with van der Waals surface area (Å²) in [5.41, 5.74) is -0.0202. The molecule has 0 aromatic carbocycles. The van der Waals surface area contributed by atoms with Crippen molar-refractivity contribution in [3.63, 3.8) is 0 Å². The maximum absolute atomic E-state index is 13.1. The molecule has 4 saturated carbocycles. The number of hydrogen-bond acceptors (Lipinski definition) is 5. The van der Waals surface area contributed by atoms with Crippen molar-refractivity contribution in [2.45, 2.75) is 50.2 Å². The van der Waals surface area contributed by atoms with Crippen molar-refractivity contribution >= 4 is 17.5 Å². The van der Waals surface area contributed by atoms with Crippen molar-refractivity contribution < 1.29 is 9.21 Å². The molecule has 4 fully saturated rings. The molecule has 132 valence electrons. The predicted octanol–water partition coefficient (Wildman–Crippen LogP) is 3.80. The van der Waals surface area contributed by atoms with Crippen LogP contribution in [0.2, 0.25) is 0 Å². The van der Waals surface area contributed by atoms with E-state index in [4.69, 9.17) is 4.42 Å². The average molecular weight is 357 g/mol. The minimum Gasteiger partial charge on any atom is -0.467 e. The van der Waals surface area contributed by atoms with Gasteiger partial charge in [-0.15, -0.1) is 10.2 Å². The Kier molecular flexibility index (Phi) is 3.77. The topological polar surface area (TPSA) is 60.9 Å². The van der Waals surface area contributed by atoms with Crippen LogP contribution in [0.25, 0.3) is 0 Å². The van der Waals surface area contributed by atoms with E-state index in [0.29, 0.717) is 18.1 Å². The number of carbonyl (C=O) groups is 1. The van der Waals surface area contributed by atoms with Crippen LogP contribution in [-0.4, -0.2) is 26.3 Å². The number of hydrogen-bond donors (Lipinski definition) is 0. The molecular formula is C19H23N3O2S. The van der Waals surface area contributed by atoms with Gasteiger partial charge in [-0.25, -0.2) is 0 Å². The van der Waals surface area contributed by atoms with Gasteiger partial charge in [-0.3, -0.25) is 4.79 Å². The van der Waals surface area contributed by atoms with Crippen molar-refractivity contribution in [3.8, 4) is 0 Å². The number of rotatable bonds is 6. The van der Waals surface area contributed by atoms with Crippen LogP contribution in [0, 0.1) is 23.2 Å². The minimum absolute atomic E-state index is 0.0202. The molecular weight excluding hydrogens is 334 g/mol. The van der Waals surface area contributed by atoms with Gasteiger partial charge in [0.25, 0.3) is 0 Å². The Labute approximate surface area is 151 Å². The normalized spacial score (nSPS) is 33.0. The van der Waals surface area contributed by atoms with E-state index in [1.54, 1.807) is 12.6 Å². The largest absolute Gasteiger partial charge is 0.467 e. The monoisotopic (exact) mass is 357 g/mol. The fourth-order valence-corrected chi connectivity index (χ4v) is 6.72. The van der Waals surface area contributed by atoms with E-state index in [1.165, 1.54) is 31.0 Å². The molecule has 25 heavy (non-hydrogen) atoms. The fraction of sp³-hybridized carbons (Fsp3) is 0.632. The van der Waals surface area contributed by atoms with E-state index in [1.807, 2.05) is 16.7 Å². The summed E-state index contributed by atoms with van der Waals surface area (Å²) in [5, 5.41) is 9.01. The third-order valence-corrected chi connectivity index (χ3v) is 7.43. The van der Waals surface area contributed by atoms with Crippen LogP contribution in [0.4, 0.5) is 0 Å². The molecule has 6 heteroatoms. The Morgan fingerprint density at radius 2 is 1.96 bits per heavy atom. The summed E-state index contributed by atoms with van der Waals surface area (Å²) in [5.74, 6) is 4.26. The molecule has 2 aromatic rings. The van der Waals surface area contributed by atoms with Gasteiger partial charge in [0, 0.05) is 5.41 Å². The lowest BCUT2D eigenvalue weighted by atomic mass is 9.48. The Morgan fingerprint density at radius 3 is 2.60 bits per heavy atom. The van der Waals surface area contributed by atoms with E-state index in [0.717, 1.165) is 47.9 Å². The molecule has 4 aliphatic rings. The summed E-state index contributed by atoms with van der Waals surface area (Å²) in [7, 11) is 0. The molecule has 0 N–H and O–H groups in total. The average Bonchev–Trinajstić information content (AvgIpc) is 3.24. The first-order valence-corrected chi connectivity index (χ1v) is 10.2. The van der Waals surface area contributed by atoms with Crippen molar-refractivity contribution in [2.75, 3.05) is 5.75 Å². The summed E-state index contributed by atoms with van der Waals surface area (Å²) in [6.45, 7) is 0.605. The molecule has 2 aromatic heterocycles. The van der Waals surface area contributed by atoms with Gasteiger partial charge in [0.15, 0.2) is 5.16 Å². The highest BCUT2D eigenvalue weighted by Gasteiger charge is 2.54. The van der Waals surface area contributed by atoms with Crippen molar-refractivity contribution in [2.24, 2.45) is 23.2 Å². The van der Waals surface area contributed by atoms with Crippen molar-refractivity contribution in [1.82, 2.24) is 14.8 Å². The Bertz CT molecular complexity index is 732. The zero-order chi connectivity index (χ0) is 16.9. The quantitative estimate of drug-likeness (QED) is 0.736. The number of nitrogens with zero attached hydrogens (tertiary/aromatic N) is 3. The van der Waals surface area contributed by atoms with Crippen molar-refractivity contribution in [1.29, 1.82) is 0 Å². The number of aromatic nitrogens is 3. The molecule has 0 aliphatic heterocycles. The number of ketones is 1. The highest BCUT2D eigenvalue weighted by molar-refractivity contribution is 7.99. The Hall–Kier alpha value is -1.56. The molecule has 0 radical (unpaired) electrons. The van der Waals surface area contributed by atoms with Crippen LogP contribution < -0.4 is 0 Å². The van der Waals surface area contributed by atoms with E-state index in [-0.39, 0.29) is 5.41 Å². The number of thioether (sulfide) groups is 1. The van der Waals surface area contributed by atoms with Crippen LogP contribution in [0.1, 0.15) is 44.3 Å². The van der Waals surface area contributed by atoms with Crippen LogP contribution in [0.15, 0.2) is 34.3 Å². The molecule has 0 saturated heterocycles. The third kappa shape index (κ3) is 2.84. The zero-order valence-corrected chi connectivity index (χ0v) is 15.1. The van der Waals surface area contributed by atoms with E-state index >= 15 is 0 Å². The number of carbonyl (C=O) groups excluding carboxylic acids is 1. The molecule has 0 spiro atoms. The lowest BCUT2D eigenvalue weighted by Gasteiger charge is -2.56. The SMILES string of the molecule is O=C(CSc1nncn1Cc1ccco1)C12CC3CC(CC(C3)C1)C2. The molecule has 6 rings (SSSR count). The Balaban J connectivity index is 1.26. The highest BCUT2D eigenvalue weighted by Crippen LogP contribution is 2.60. The number of furan rings is 1. The van der Waals surface area contributed by atoms with Crippen LogP contribution in [-0.2, 0) is 11.3 Å². The standard InChI is InChI=1S/C19H23N3O2S/c23-17(19-7-13-4-14(8-19)6-15(5-13)9-19)11-25-18-21-20-12-22(18)10-16-2-1-3-24-16/h1-3,12-15H,4-11H2. The van der Waals surface area contributed by atoms with E-state index in [9.17, 15) is 4.79 Å². The predicted molar refractivity (Wildman–Crippen MR) is 94.2 cm³/mol. The molecule has 0 amide bonds. The maximum Gasteiger partial charge on any atom is 0.191 e. The van der Waals surface area contributed by atoms with Gasteiger partial charge in [-0.2, -0.15) is 0 Å². The second-order valence-corrected chi connectivity index (χ2v) is 9.17. The summed E-state index contributed by atoms with van der Waals surface area (Å²) in [6.07, 6.45) is 10.9. The van der Waals surface area contributed by atoms with Crippen molar-refractivity contribution in [3.05, 3.63) is 30.5 Å². The maximum atomic E-state index is 13.1. The summed E-state index contributed by atoms with van der Waals surface area (Å²) in [6, 6.07) is 3.82. The summed E-state index contributed by atoms with van der Waals surface area (Å²) < 4.78 is 7.35. The second-order valence-electron chi connectivity index (χ2n) is 8.23. The summed E-state index contributed by atoms with van der Waals surface area (Å²) >= 11 is 1.53. The lowest BCUT2D eigenvalue weighted by Crippen LogP contribution is -2.50. The van der Waals surface area contributed by atoms with Gasteiger partial charge in [-0.05, 0) is 68.4 Å². The van der Waals surface area contributed by atoms with Crippen LogP contribution in [0.5, 0.6) is 0 Å².